The van der Waals surface area contributed by atoms with E-state index in [9.17, 15) is 31.7 Å². The molecule has 1 aromatic carbocycles. The molecule has 0 radical (unpaired) electrons. The molecule has 0 aliphatic carbocycles. The van der Waals surface area contributed by atoms with Crippen LogP contribution in [-0.2, 0) is 10.0 Å². The summed E-state index contributed by atoms with van der Waals surface area (Å²) in [4.78, 5) is 9.29. The van der Waals surface area contributed by atoms with Crippen LogP contribution in [0.25, 0.3) is 0 Å². The van der Waals surface area contributed by atoms with Gasteiger partial charge in [-0.1, -0.05) is 0 Å². The molecule has 0 unspecified atom stereocenters. The predicted octanol–water partition coefficient (Wildman–Crippen LogP) is 1.75. The van der Waals surface area contributed by atoms with Crippen LogP contribution in [0.4, 0.5) is 24.5 Å². The fraction of sp³-hybridized carbons (Fsp3) is 0.400. The molecular weight excluding hydrogens is 315 g/mol. The van der Waals surface area contributed by atoms with Crippen molar-refractivity contribution in [1.82, 2.24) is 4.31 Å². The molecule has 21 heavy (non-hydrogen) atoms. The number of alkyl halides is 3. The molecule has 1 rings (SSSR count). The van der Waals surface area contributed by atoms with E-state index in [0.717, 1.165) is 25.2 Å². The minimum Gasteiger partial charge on any atom is -0.397 e. The second-order valence-corrected chi connectivity index (χ2v) is 6.18. The van der Waals surface area contributed by atoms with E-state index in [1.165, 1.54) is 0 Å². The summed E-state index contributed by atoms with van der Waals surface area (Å²) in [7, 11) is -3.27. The number of halogens is 3. The van der Waals surface area contributed by atoms with Crippen LogP contribution in [-0.4, -0.2) is 37.4 Å². The minimum atomic E-state index is -4.50. The zero-order valence-corrected chi connectivity index (χ0v) is 11.6. The van der Waals surface area contributed by atoms with Crippen molar-refractivity contribution in [2.24, 2.45) is 0 Å². The maximum atomic E-state index is 12.1. The van der Waals surface area contributed by atoms with Gasteiger partial charge in [0.05, 0.1) is 17.0 Å². The first-order valence-electron chi connectivity index (χ1n) is 5.52. The molecule has 0 aliphatic heterocycles. The number of rotatable bonds is 5. The van der Waals surface area contributed by atoms with Crippen LogP contribution < -0.4 is 5.73 Å². The maximum absolute atomic E-state index is 12.1. The Morgan fingerprint density at radius 2 is 1.95 bits per heavy atom. The third-order valence-corrected chi connectivity index (χ3v) is 4.53. The Morgan fingerprint density at radius 1 is 1.38 bits per heavy atom. The van der Waals surface area contributed by atoms with Crippen molar-refractivity contribution in [1.29, 1.82) is 0 Å². The normalized spacial score (nSPS) is 12.6. The number of nitro groups is 1. The number of hydrogen-bond acceptors (Lipinski definition) is 5. The highest BCUT2D eigenvalue weighted by Gasteiger charge is 2.31. The first kappa shape index (κ1) is 17.2. The van der Waals surface area contributed by atoms with Crippen LogP contribution >= 0.6 is 0 Å². The Kier molecular flexibility index (Phi) is 4.79. The molecule has 0 amide bonds. The highest BCUT2D eigenvalue weighted by atomic mass is 32.2. The number of benzene rings is 1. The zero-order valence-electron chi connectivity index (χ0n) is 10.8. The molecular formula is C10H12F3N3O4S. The Morgan fingerprint density at radius 3 is 2.38 bits per heavy atom. The monoisotopic (exact) mass is 327 g/mol. The van der Waals surface area contributed by atoms with E-state index in [1.807, 2.05) is 0 Å². The van der Waals surface area contributed by atoms with Gasteiger partial charge in [-0.05, 0) is 6.07 Å². The molecule has 0 atom stereocenters. The average molecular weight is 327 g/mol. The third kappa shape index (κ3) is 4.29. The van der Waals surface area contributed by atoms with Crippen LogP contribution in [0.1, 0.15) is 6.42 Å². The Hall–Kier alpha value is -1.88. The molecule has 0 aromatic heterocycles. The van der Waals surface area contributed by atoms with Crippen molar-refractivity contribution in [3.05, 3.63) is 28.3 Å². The first-order valence-corrected chi connectivity index (χ1v) is 6.96. The number of hydrogen-bond donors (Lipinski definition) is 1. The topological polar surface area (TPSA) is 107 Å². The van der Waals surface area contributed by atoms with Crippen molar-refractivity contribution < 1.29 is 26.5 Å². The van der Waals surface area contributed by atoms with Crippen LogP contribution in [0.3, 0.4) is 0 Å². The highest BCUT2D eigenvalue weighted by Crippen LogP contribution is 2.27. The summed E-state index contributed by atoms with van der Waals surface area (Å²) >= 11 is 0. The summed E-state index contributed by atoms with van der Waals surface area (Å²) in [6.45, 7) is -0.776. The number of nitrogens with two attached hydrogens (primary N) is 1. The van der Waals surface area contributed by atoms with Gasteiger partial charge in [0.15, 0.2) is 0 Å². The van der Waals surface area contributed by atoms with E-state index in [1.54, 1.807) is 0 Å². The standard InChI is InChI=1S/C10H12F3N3O4S/c1-15(5-4-10(11,12)13)21(19,20)9-3-2-7(16(17)18)6-8(9)14/h2-3,6H,4-5,14H2,1H3. The smallest absolute Gasteiger partial charge is 0.390 e. The summed E-state index contributed by atoms with van der Waals surface area (Å²) in [6, 6.07) is 2.65. The first-order chi connectivity index (χ1) is 9.45. The minimum absolute atomic E-state index is 0.400. The summed E-state index contributed by atoms with van der Waals surface area (Å²) in [5.74, 6) is 0. The maximum Gasteiger partial charge on any atom is 0.390 e. The average Bonchev–Trinajstić information content (AvgIpc) is 2.34. The van der Waals surface area contributed by atoms with Crippen LogP contribution in [0.2, 0.25) is 0 Å². The van der Waals surface area contributed by atoms with Gasteiger partial charge in [0.2, 0.25) is 10.0 Å². The van der Waals surface area contributed by atoms with Crippen LogP contribution in [0.5, 0.6) is 0 Å². The van der Waals surface area contributed by atoms with E-state index < -0.39 is 50.4 Å². The Labute approximate surface area is 118 Å². The number of non-ortho nitro benzene ring substituents is 1. The van der Waals surface area contributed by atoms with Gasteiger partial charge < -0.3 is 5.73 Å². The largest absolute Gasteiger partial charge is 0.397 e. The van der Waals surface area contributed by atoms with Gasteiger partial charge in [-0.15, -0.1) is 0 Å². The molecule has 11 heteroatoms. The van der Waals surface area contributed by atoms with Crippen LogP contribution in [0.15, 0.2) is 23.1 Å². The second kappa shape index (κ2) is 5.85. The molecule has 1 aromatic rings. The van der Waals surface area contributed by atoms with Crippen LogP contribution in [0, 0.1) is 10.1 Å². The summed E-state index contributed by atoms with van der Waals surface area (Å²) in [5.41, 5.74) is 4.62. The molecule has 0 spiro atoms. The van der Waals surface area contributed by atoms with Gasteiger partial charge in [-0.25, -0.2) is 12.7 Å². The van der Waals surface area contributed by atoms with Gasteiger partial charge in [0.1, 0.15) is 4.90 Å². The fourth-order valence-electron chi connectivity index (χ4n) is 1.46. The molecule has 2 N–H and O–H groups in total. The number of nitrogen functional groups attached to an aromatic ring is 1. The number of nitrogens with zero attached hydrogens (tertiary/aromatic N) is 2. The molecule has 0 fully saturated rings. The lowest BCUT2D eigenvalue weighted by Gasteiger charge is -2.18. The SMILES string of the molecule is CN(CCC(F)(F)F)S(=O)(=O)c1ccc([N+](=O)[O-])cc1N. The summed E-state index contributed by atoms with van der Waals surface area (Å²) in [6.07, 6.45) is -5.81. The van der Waals surface area contributed by atoms with Crippen molar-refractivity contribution in [2.75, 3.05) is 19.3 Å². The highest BCUT2D eigenvalue weighted by molar-refractivity contribution is 7.89. The Bertz CT molecular complexity index is 645. The molecule has 0 saturated carbocycles. The molecule has 118 valence electrons. The van der Waals surface area contributed by atoms with Gasteiger partial charge >= 0.3 is 6.18 Å². The number of sulfonamides is 1. The fourth-order valence-corrected chi connectivity index (χ4v) is 2.72. The van der Waals surface area contributed by atoms with Gasteiger partial charge in [-0.3, -0.25) is 10.1 Å². The predicted molar refractivity (Wildman–Crippen MR) is 68.0 cm³/mol. The van der Waals surface area contributed by atoms with E-state index in [-0.39, 0.29) is 0 Å². The number of nitro benzene ring substituents is 1. The van der Waals surface area contributed by atoms with Crippen molar-refractivity contribution >= 4 is 21.4 Å². The van der Waals surface area contributed by atoms with Crippen molar-refractivity contribution in [2.45, 2.75) is 17.5 Å². The van der Waals surface area contributed by atoms with E-state index in [4.69, 9.17) is 5.73 Å². The van der Waals surface area contributed by atoms with Gasteiger partial charge in [0, 0.05) is 25.7 Å². The molecule has 0 bridgehead atoms. The molecule has 0 saturated heterocycles. The van der Waals surface area contributed by atoms with Gasteiger partial charge in [0.25, 0.3) is 5.69 Å². The second-order valence-electron chi connectivity index (χ2n) is 4.17. The number of anilines is 1. The zero-order chi connectivity index (χ0) is 16.4. The quantitative estimate of drug-likeness (QED) is 0.504. The summed E-state index contributed by atoms with van der Waals surface area (Å²) in [5, 5.41) is 10.5. The van der Waals surface area contributed by atoms with Crippen molar-refractivity contribution in [3.8, 4) is 0 Å². The lowest BCUT2D eigenvalue weighted by atomic mass is 10.3. The van der Waals surface area contributed by atoms with Gasteiger partial charge in [-0.2, -0.15) is 13.2 Å². The lowest BCUT2D eigenvalue weighted by molar-refractivity contribution is -0.384. The van der Waals surface area contributed by atoms with E-state index in [0.29, 0.717) is 4.31 Å². The molecule has 0 heterocycles. The third-order valence-electron chi connectivity index (χ3n) is 2.60. The van der Waals surface area contributed by atoms with Crippen molar-refractivity contribution in [3.63, 3.8) is 0 Å². The molecule has 0 aliphatic rings. The summed E-state index contributed by atoms with van der Waals surface area (Å²) < 4.78 is 60.9. The van der Waals surface area contributed by atoms with E-state index >= 15 is 0 Å². The van der Waals surface area contributed by atoms with E-state index in [2.05, 4.69) is 0 Å². The lowest BCUT2D eigenvalue weighted by Crippen LogP contribution is -2.31. The Balaban J connectivity index is 3.05. The molecule has 7 nitrogen and oxygen atoms in total.